The van der Waals surface area contributed by atoms with Gasteiger partial charge >= 0.3 is 0 Å². The zero-order valence-corrected chi connectivity index (χ0v) is 14.7. The third-order valence-corrected chi connectivity index (χ3v) is 4.70. The fourth-order valence-corrected chi connectivity index (χ4v) is 3.31. The Bertz CT molecular complexity index is 728. The summed E-state index contributed by atoms with van der Waals surface area (Å²) in [6.07, 6.45) is 5.15. The van der Waals surface area contributed by atoms with E-state index < -0.39 is 0 Å². The molecule has 3 rings (SSSR count). The summed E-state index contributed by atoms with van der Waals surface area (Å²) in [5, 5.41) is 7.94. The number of anilines is 1. The number of rotatable bonds is 6. The summed E-state index contributed by atoms with van der Waals surface area (Å²) in [5.41, 5.74) is 0.840. The van der Waals surface area contributed by atoms with Crippen molar-refractivity contribution in [1.82, 2.24) is 15.3 Å². The predicted molar refractivity (Wildman–Crippen MR) is 97.4 cm³/mol. The molecular weight excluding hydrogens is 324 g/mol. The van der Waals surface area contributed by atoms with E-state index in [4.69, 9.17) is 11.6 Å². The number of carbonyl (C=O) groups excluding carboxylic acids is 1. The maximum Gasteiger partial charge on any atom is 0.223 e. The lowest BCUT2D eigenvalue weighted by Crippen LogP contribution is -2.33. The number of aromatic nitrogens is 2. The summed E-state index contributed by atoms with van der Waals surface area (Å²) < 4.78 is 0. The number of amides is 1. The highest BCUT2D eigenvalue weighted by Gasteiger charge is 2.21. The molecule has 0 saturated heterocycles. The number of hydrogen-bond donors (Lipinski definition) is 2. The molecule has 0 radical (unpaired) electrons. The molecule has 1 saturated carbocycles. The highest BCUT2D eigenvalue weighted by atomic mass is 35.5. The Kier molecular flexibility index (Phi) is 5.51. The van der Waals surface area contributed by atoms with Gasteiger partial charge in [-0.25, -0.2) is 9.97 Å². The number of aryl methyl sites for hydroxylation is 1. The third-order valence-electron chi connectivity index (χ3n) is 4.46. The molecule has 1 heterocycles. The smallest absolute Gasteiger partial charge is 0.223 e. The predicted octanol–water partition coefficient (Wildman–Crippen LogP) is 3.56. The average molecular weight is 347 g/mol. The molecule has 0 bridgehead atoms. The second kappa shape index (κ2) is 7.79. The number of benzene rings is 1. The summed E-state index contributed by atoms with van der Waals surface area (Å²) >= 11 is 6.06. The van der Waals surface area contributed by atoms with Crippen molar-refractivity contribution in [3.8, 4) is 0 Å². The maximum absolute atomic E-state index is 12.0. The molecule has 1 aliphatic rings. The molecule has 1 aromatic carbocycles. The number of nitrogens with one attached hydrogen (secondary N) is 2. The van der Waals surface area contributed by atoms with Crippen LogP contribution in [0, 0.1) is 5.92 Å². The second-order valence-corrected chi connectivity index (χ2v) is 6.64. The van der Waals surface area contributed by atoms with Crippen LogP contribution >= 0.6 is 11.6 Å². The quantitative estimate of drug-likeness (QED) is 0.785. The van der Waals surface area contributed by atoms with E-state index in [1.54, 1.807) is 0 Å². The van der Waals surface area contributed by atoms with Crippen LogP contribution in [0.25, 0.3) is 10.9 Å². The van der Waals surface area contributed by atoms with Crippen molar-refractivity contribution in [1.29, 1.82) is 0 Å². The van der Waals surface area contributed by atoms with E-state index in [1.165, 1.54) is 12.8 Å². The van der Waals surface area contributed by atoms with E-state index in [9.17, 15) is 4.79 Å². The fourth-order valence-electron chi connectivity index (χ4n) is 3.14. The van der Waals surface area contributed by atoms with E-state index in [1.807, 2.05) is 25.1 Å². The lowest BCUT2D eigenvalue weighted by molar-refractivity contribution is -0.124. The maximum atomic E-state index is 12.0. The van der Waals surface area contributed by atoms with Gasteiger partial charge in [-0.15, -0.1) is 0 Å². The van der Waals surface area contributed by atoms with Crippen LogP contribution in [0.15, 0.2) is 18.2 Å². The summed E-state index contributed by atoms with van der Waals surface area (Å²) in [5.74, 6) is 1.97. The summed E-state index contributed by atoms with van der Waals surface area (Å²) in [7, 11) is 0. The minimum atomic E-state index is 0.183. The molecule has 0 atom stereocenters. The largest absolute Gasteiger partial charge is 0.368 e. The number of hydrogen-bond acceptors (Lipinski definition) is 4. The molecule has 1 fully saturated rings. The lowest BCUT2D eigenvalue weighted by atomic mass is 10.1. The third kappa shape index (κ3) is 3.96. The number of fused-ring (bicyclic) bond motifs is 1. The van der Waals surface area contributed by atoms with Crippen molar-refractivity contribution in [2.75, 3.05) is 18.4 Å². The van der Waals surface area contributed by atoms with Crippen LogP contribution in [-0.4, -0.2) is 29.0 Å². The zero-order valence-electron chi connectivity index (χ0n) is 13.9. The first kappa shape index (κ1) is 17.0. The number of carbonyl (C=O) groups is 1. The van der Waals surface area contributed by atoms with Crippen molar-refractivity contribution in [2.45, 2.75) is 39.0 Å². The van der Waals surface area contributed by atoms with Crippen LogP contribution in [0.1, 0.15) is 38.4 Å². The van der Waals surface area contributed by atoms with E-state index in [2.05, 4.69) is 20.6 Å². The van der Waals surface area contributed by atoms with Crippen LogP contribution < -0.4 is 10.6 Å². The monoisotopic (exact) mass is 346 g/mol. The molecule has 6 heteroatoms. The Morgan fingerprint density at radius 3 is 2.79 bits per heavy atom. The van der Waals surface area contributed by atoms with Crippen LogP contribution in [0.3, 0.4) is 0 Å². The first-order valence-corrected chi connectivity index (χ1v) is 9.03. The summed E-state index contributed by atoms with van der Waals surface area (Å²) in [6.45, 7) is 3.25. The van der Waals surface area contributed by atoms with Gasteiger partial charge in [-0.05, 0) is 31.0 Å². The van der Waals surface area contributed by atoms with Crippen LogP contribution in [0.4, 0.5) is 5.82 Å². The van der Waals surface area contributed by atoms with Gasteiger partial charge < -0.3 is 10.6 Å². The standard InChI is InChI=1S/C18H23ClN4O/c1-2-16-22-15-11-13(19)7-8-14(15)17(23-16)20-9-10-21-18(24)12-5-3-4-6-12/h7-8,11-12H,2-6,9-10H2,1H3,(H,21,24)(H,20,22,23). The van der Waals surface area contributed by atoms with Crippen LogP contribution in [-0.2, 0) is 11.2 Å². The topological polar surface area (TPSA) is 66.9 Å². The minimum Gasteiger partial charge on any atom is -0.368 e. The zero-order chi connectivity index (χ0) is 16.9. The molecule has 24 heavy (non-hydrogen) atoms. The molecular formula is C18H23ClN4O. The molecule has 0 spiro atoms. The normalized spacial score (nSPS) is 14.9. The van der Waals surface area contributed by atoms with Crippen LogP contribution in [0.5, 0.6) is 0 Å². The van der Waals surface area contributed by atoms with Gasteiger partial charge in [0, 0.05) is 35.8 Å². The van der Waals surface area contributed by atoms with Gasteiger partial charge in [-0.1, -0.05) is 31.4 Å². The fraction of sp³-hybridized carbons (Fsp3) is 0.500. The van der Waals surface area contributed by atoms with Crippen molar-refractivity contribution in [2.24, 2.45) is 5.92 Å². The lowest BCUT2D eigenvalue weighted by Gasteiger charge is -2.13. The Balaban J connectivity index is 1.63. The number of halogens is 1. The van der Waals surface area contributed by atoms with Crippen molar-refractivity contribution < 1.29 is 4.79 Å². The van der Waals surface area contributed by atoms with Gasteiger partial charge in [0.15, 0.2) is 0 Å². The van der Waals surface area contributed by atoms with Gasteiger partial charge in [0.05, 0.1) is 5.52 Å². The Morgan fingerprint density at radius 2 is 2.04 bits per heavy atom. The first-order chi connectivity index (χ1) is 11.7. The molecule has 0 aliphatic heterocycles. The molecule has 5 nitrogen and oxygen atoms in total. The van der Waals surface area contributed by atoms with Gasteiger partial charge in [0.1, 0.15) is 11.6 Å². The number of nitrogens with zero attached hydrogens (tertiary/aromatic N) is 2. The van der Waals surface area contributed by atoms with Crippen LogP contribution in [0.2, 0.25) is 5.02 Å². The molecule has 0 unspecified atom stereocenters. The highest BCUT2D eigenvalue weighted by Crippen LogP contribution is 2.25. The van der Waals surface area contributed by atoms with Gasteiger partial charge in [-0.3, -0.25) is 4.79 Å². The van der Waals surface area contributed by atoms with Crippen molar-refractivity contribution in [3.05, 3.63) is 29.0 Å². The average Bonchev–Trinajstić information content (AvgIpc) is 3.12. The molecule has 1 aliphatic carbocycles. The molecule has 2 aromatic rings. The second-order valence-electron chi connectivity index (χ2n) is 6.20. The summed E-state index contributed by atoms with van der Waals surface area (Å²) in [4.78, 5) is 21.1. The summed E-state index contributed by atoms with van der Waals surface area (Å²) in [6, 6.07) is 5.62. The Hall–Kier alpha value is -1.88. The first-order valence-electron chi connectivity index (χ1n) is 8.65. The molecule has 1 aromatic heterocycles. The van der Waals surface area contributed by atoms with Gasteiger partial charge in [-0.2, -0.15) is 0 Å². The highest BCUT2D eigenvalue weighted by molar-refractivity contribution is 6.31. The van der Waals surface area contributed by atoms with E-state index in [-0.39, 0.29) is 11.8 Å². The van der Waals surface area contributed by atoms with E-state index in [0.717, 1.165) is 41.8 Å². The van der Waals surface area contributed by atoms with Crippen molar-refractivity contribution >= 4 is 34.2 Å². The minimum absolute atomic E-state index is 0.183. The Morgan fingerprint density at radius 1 is 1.25 bits per heavy atom. The van der Waals surface area contributed by atoms with E-state index >= 15 is 0 Å². The Labute approximate surface area is 147 Å². The molecule has 1 amide bonds. The van der Waals surface area contributed by atoms with Crippen molar-refractivity contribution in [3.63, 3.8) is 0 Å². The SMILES string of the molecule is CCc1nc(NCCNC(=O)C2CCCC2)c2ccc(Cl)cc2n1. The van der Waals surface area contributed by atoms with E-state index in [0.29, 0.717) is 18.1 Å². The molecule has 128 valence electrons. The molecule has 2 N–H and O–H groups in total. The van der Waals surface area contributed by atoms with Gasteiger partial charge in [0.25, 0.3) is 0 Å². The van der Waals surface area contributed by atoms with Gasteiger partial charge in [0.2, 0.25) is 5.91 Å².